The Kier molecular flexibility index (Phi) is 11.6. The van der Waals surface area contributed by atoms with Crippen molar-refractivity contribution in [2.45, 2.75) is 166 Å². The Morgan fingerprint density at radius 1 is 0.492 bits per heavy atom. The Labute approximate surface area is 409 Å². The van der Waals surface area contributed by atoms with Crippen molar-refractivity contribution in [3.63, 3.8) is 0 Å². The Morgan fingerprint density at radius 2 is 0.831 bits per heavy atom. The minimum atomic E-state index is -0.0744. The molecule has 338 valence electrons. The maximum absolute atomic E-state index is 12.8. The summed E-state index contributed by atoms with van der Waals surface area (Å²) in [7, 11) is 0. The van der Waals surface area contributed by atoms with Crippen molar-refractivity contribution >= 4 is 0 Å². The van der Waals surface area contributed by atoms with Crippen molar-refractivity contribution in [3.8, 4) is 56.3 Å². The van der Waals surface area contributed by atoms with E-state index in [1.807, 2.05) is 0 Å². The van der Waals surface area contributed by atoms with E-state index in [-0.39, 0.29) is 47.9 Å². The van der Waals surface area contributed by atoms with Crippen LogP contribution in [-0.2, 0) is 54.3 Å². The van der Waals surface area contributed by atoms with E-state index >= 15 is 0 Å². The number of phenols is 2. The van der Waals surface area contributed by atoms with Gasteiger partial charge in [-0.25, -0.2) is 4.98 Å². The minimum absolute atomic E-state index is 0. The molecule has 0 spiro atoms. The number of aromatic hydroxyl groups is 2. The number of hydrogen-bond donors (Lipinski definition) is 2. The summed E-state index contributed by atoms with van der Waals surface area (Å²) < 4.78 is 0. The van der Waals surface area contributed by atoms with Crippen LogP contribution in [0.4, 0.5) is 0 Å². The van der Waals surface area contributed by atoms with E-state index in [1.165, 1.54) is 105 Å². The number of rotatable bonds is 9. The summed E-state index contributed by atoms with van der Waals surface area (Å²) >= 11 is 0. The molecule has 0 atom stereocenters. The smallest absolute Gasteiger partial charge is 0.127 e. The third-order valence-corrected chi connectivity index (χ3v) is 17.9. The summed E-state index contributed by atoms with van der Waals surface area (Å²) in [5.74, 6) is 5.71. The summed E-state index contributed by atoms with van der Waals surface area (Å²) in [6, 6.07) is 31.5. The second-order valence-corrected chi connectivity index (χ2v) is 24.7. The van der Waals surface area contributed by atoms with Crippen LogP contribution in [0.2, 0.25) is 0 Å². The summed E-state index contributed by atoms with van der Waals surface area (Å²) in [6.07, 6.45) is 18.7. The van der Waals surface area contributed by atoms with Crippen molar-refractivity contribution in [2.24, 2.45) is 35.5 Å². The Bertz CT molecular complexity index is 2380. The monoisotopic (exact) mass is 941 g/mol. The first-order valence-electron chi connectivity index (χ1n) is 25.5. The van der Waals surface area contributed by atoms with Crippen LogP contribution in [0, 0.1) is 35.5 Å². The predicted molar refractivity (Wildman–Crippen MR) is 265 cm³/mol. The SMILES string of the molecule is CCCCc1cc(-c2ccccc2-c2cc(C(C)(C)C)cc(C34CC5CC(CC(C5)C3)C4)c2O)nc(-c2ccccc2-c2cc(C(C)(C)C)cc(C34CC5CC(CC(C5)C3)C4)c2O)c1.[Zr]. The van der Waals surface area contributed by atoms with Crippen molar-refractivity contribution in [1.29, 1.82) is 0 Å². The van der Waals surface area contributed by atoms with Gasteiger partial charge in [-0.15, -0.1) is 0 Å². The molecule has 8 aliphatic carbocycles. The van der Waals surface area contributed by atoms with Gasteiger partial charge < -0.3 is 10.2 Å². The van der Waals surface area contributed by atoms with E-state index in [1.54, 1.807) is 0 Å². The minimum Gasteiger partial charge on any atom is -0.507 e. The summed E-state index contributed by atoms with van der Waals surface area (Å²) in [6.45, 7) is 16.2. The van der Waals surface area contributed by atoms with Gasteiger partial charge in [0.15, 0.2) is 0 Å². The first kappa shape index (κ1) is 45.3. The molecule has 0 aliphatic heterocycles. The predicted octanol–water partition coefficient (Wildman–Crippen LogP) is 16.0. The normalized spacial score (nSPS) is 28.7. The van der Waals surface area contributed by atoms with Gasteiger partial charge >= 0.3 is 0 Å². The first-order chi connectivity index (χ1) is 30.6. The average molecular weight is 943 g/mol. The molecular weight excluding hydrogens is 870 g/mol. The van der Waals surface area contributed by atoms with E-state index in [0.717, 1.165) is 99.5 Å². The topological polar surface area (TPSA) is 53.4 Å². The summed E-state index contributed by atoms with van der Waals surface area (Å²) in [5.41, 5.74) is 14.2. The van der Waals surface area contributed by atoms with Crippen molar-refractivity contribution in [3.05, 3.63) is 113 Å². The van der Waals surface area contributed by atoms with Crippen molar-refractivity contribution in [2.75, 3.05) is 0 Å². The molecule has 8 fully saturated rings. The van der Waals surface area contributed by atoms with E-state index in [4.69, 9.17) is 4.98 Å². The zero-order valence-electron chi connectivity index (χ0n) is 40.5. The second kappa shape index (κ2) is 16.6. The van der Waals surface area contributed by atoms with Crippen LogP contribution < -0.4 is 0 Å². The Morgan fingerprint density at radius 3 is 1.15 bits per heavy atom. The molecule has 4 aromatic carbocycles. The number of phenolic OH excluding ortho intramolecular Hbond substituents is 2. The van der Waals surface area contributed by atoms with E-state index < -0.39 is 0 Å². The fourth-order valence-corrected chi connectivity index (χ4v) is 15.5. The number of nitrogens with zero attached hydrogens (tertiary/aromatic N) is 1. The molecule has 3 nitrogen and oxygen atoms in total. The van der Waals surface area contributed by atoms with Gasteiger partial charge in [0.1, 0.15) is 11.5 Å². The number of aryl methyl sites for hydroxylation is 1. The van der Waals surface area contributed by atoms with Crippen molar-refractivity contribution in [1.82, 2.24) is 4.98 Å². The van der Waals surface area contributed by atoms with E-state index in [0.29, 0.717) is 11.5 Å². The Balaban J connectivity index is 0.00000498. The molecule has 65 heavy (non-hydrogen) atoms. The maximum atomic E-state index is 12.8. The van der Waals surface area contributed by atoms with Crippen LogP contribution in [0.1, 0.15) is 166 Å². The summed E-state index contributed by atoms with van der Waals surface area (Å²) in [4.78, 5) is 5.65. The summed E-state index contributed by atoms with van der Waals surface area (Å²) in [5, 5.41) is 25.6. The number of aromatic nitrogens is 1. The van der Waals surface area contributed by atoms with Crippen LogP contribution in [0.15, 0.2) is 84.9 Å². The molecule has 0 radical (unpaired) electrons. The van der Waals surface area contributed by atoms with Gasteiger partial charge in [0.25, 0.3) is 0 Å². The second-order valence-electron chi connectivity index (χ2n) is 24.7. The standard InChI is InChI=1S/C61H73NO2.Zr/c1-8-9-14-37-25-54(48-17-12-10-15-46(48)50-27-44(58(2,3)4)29-52(56(50)63)60-31-38-19-39(32-60)21-40(20-38)33-60)62-55(26-37)49-18-13-11-16-47(49)51-28-45(59(5,6)7)30-53(57(51)64)61-34-41-22-42(35-61)24-43(23-41)36-61;/h10-13,15-18,25-30,38-43,63-64H,8-9,14,19-24,31-36H2,1-7H3;. The zero-order chi connectivity index (χ0) is 44.3. The van der Waals surface area contributed by atoms with Crippen molar-refractivity contribution < 1.29 is 36.4 Å². The molecule has 13 rings (SSSR count). The number of benzene rings is 4. The fourth-order valence-electron chi connectivity index (χ4n) is 15.5. The van der Waals surface area contributed by atoms with Gasteiger partial charge in [0.05, 0.1) is 11.4 Å². The molecule has 0 amide bonds. The van der Waals surface area contributed by atoms with Crippen LogP contribution >= 0.6 is 0 Å². The van der Waals surface area contributed by atoms with Gasteiger partial charge in [-0.3, -0.25) is 0 Å². The third kappa shape index (κ3) is 8.04. The number of hydrogen-bond acceptors (Lipinski definition) is 3. The number of unbranched alkanes of at least 4 members (excludes halogenated alkanes) is 1. The van der Waals surface area contributed by atoms with E-state index in [9.17, 15) is 10.2 Å². The van der Waals surface area contributed by atoms with Gasteiger partial charge in [-0.1, -0.05) is 116 Å². The molecule has 1 aromatic heterocycles. The molecular formula is C61H73NO2Zr. The molecule has 5 aromatic rings. The quantitative estimate of drug-likeness (QED) is 0.155. The van der Waals surface area contributed by atoms with Crippen LogP contribution in [0.5, 0.6) is 11.5 Å². The largest absolute Gasteiger partial charge is 0.507 e. The molecule has 0 unspecified atom stereocenters. The average Bonchev–Trinajstić information content (AvgIpc) is 3.24. The van der Waals surface area contributed by atoms with Gasteiger partial charge in [-0.05, 0) is 199 Å². The van der Waals surface area contributed by atoms with Gasteiger partial charge in [0, 0.05) is 59.6 Å². The zero-order valence-corrected chi connectivity index (χ0v) is 43.0. The van der Waals surface area contributed by atoms with Gasteiger partial charge in [0.2, 0.25) is 0 Å². The fraction of sp³-hybridized carbons (Fsp3) is 0.525. The van der Waals surface area contributed by atoms with Crippen LogP contribution in [-0.4, -0.2) is 15.2 Å². The molecule has 0 saturated heterocycles. The first-order valence-corrected chi connectivity index (χ1v) is 25.5. The Hall–Kier alpha value is -3.49. The molecule has 2 N–H and O–H groups in total. The molecule has 8 aliphatic rings. The van der Waals surface area contributed by atoms with E-state index in [2.05, 4.69) is 133 Å². The van der Waals surface area contributed by atoms with Crippen LogP contribution in [0.25, 0.3) is 44.8 Å². The maximum Gasteiger partial charge on any atom is 0.127 e. The molecule has 8 bridgehead atoms. The molecule has 4 heteroatoms. The van der Waals surface area contributed by atoms with Crippen LogP contribution in [0.3, 0.4) is 0 Å². The van der Waals surface area contributed by atoms with Gasteiger partial charge in [-0.2, -0.15) is 0 Å². The number of pyridine rings is 1. The molecule has 1 heterocycles. The molecule has 8 saturated carbocycles. The third-order valence-electron chi connectivity index (χ3n) is 17.9.